The lowest BCUT2D eigenvalue weighted by atomic mass is 10.1. The molecule has 1 amide bonds. The number of aromatic nitrogens is 7. The first-order chi connectivity index (χ1) is 15.7. The maximum atomic E-state index is 12.7. The van der Waals surface area contributed by atoms with Crippen LogP contribution in [0.25, 0.3) is 28.3 Å². The van der Waals surface area contributed by atoms with Gasteiger partial charge in [0.25, 0.3) is 5.91 Å². The zero-order chi connectivity index (χ0) is 21.9. The summed E-state index contributed by atoms with van der Waals surface area (Å²) < 4.78 is 5.63. The molecule has 158 valence electrons. The monoisotopic (exact) mass is 442 g/mol. The van der Waals surface area contributed by atoms with E-state index < -0.39 is 0 Å². The lowest BCUT2D eigenvalue weighted by Gasteiger charge is -2.08. The first-order valence-corrected chi connectivity index (χ1v) is 10.9. The van der Waals surface area contributed by atoms with Gasteiger partial charge in [-0.25, -0.2) is 0 Å². The second-order valence-electron chi connectivity index (χ2n) is 7.08. The van der Waals surface area contributed by atoms with Gasteiger partial charge in [-0.3, -0.25) is 9.78 Å². The average Bonchev–Trinajstić information content (AvgIpc) is 3.47. The van der Waals surface area contributed by atoms with Crippen LogP contribution in [0.5, 0.6) is 0 Å². The van der Waals surface area contributed by atoms with Crippen LogP contribution < -0.4 is 5.32 Å². The van der Waals surface area contributed by atoms with E-state index >= 15 is 0 Å². The van der Waals surface area contributed by atoms with E-state index in [1.165, 1.54) is 0 Å². The van der Waals surface area contributed by atoms with Gasteiger partial charge in [0.2, 0.25) is 0 Å². The average molecular weight is 443 g/mol. The van der Waals surface area contributed by atoms with Gasteiger partial charge in [0.1, 0.15) is 4.88 Å². The summed E-state index contributed by atoms with van der Waals surface area (Å²) in [5, 5.41) is 20.2. The zero-order valence-corrected chi connectivity index (χ0v) is 18.0. The molecule has 0 radical (unpaired) electrons. The number of aryl methyl sites for hydroxylation is 1. The van der Waals surface area contributed by atoms with Gasteiger partial charge in [-0.1, -0.05) is 30.0 Å². The van der Waals surface area contributed by atoms with Crippen LogP contribution in [0.4, 0.5) is 5.69 Å². The lowest BCUT2D eigenvalue weighted by molar-refractivity contribution is 0.102. The number of carbonyl (C=O) groups excluding carboxylic acids is 1. The first-order valence-electron chi connectivity index (χ1n) is 10.1. The molecule has 0 bridgehead atoms. The molecule has 0 unspecified atom stereocenters. The number of rotatable bonds is 6. The van der Waals surface area contributed by atoms with Crippen molar-refractivity contribution in [3.63, 3.8) is 0 Å². The summed E-state index contributed by atoms with van der Waals surface area (Å²) in [7, 11) is 0. The molecular formula is C22H18N8OS. The third-order valence-corrected chi connectivity index (χ3v) is 5.63. The van der Waals surface area contributed by atoms with E-state index in [1.54, 1.807) is 16.9 Å². The molecule has 0 fully saturated rings. The standard InChI is InChI=1S/C22H18N8OS/c1-2-4-18-20(32-29-25-18)22(31)24-16-6-3-5-15(13-16)17-7-8-19-26-27-21(30(19)28-17)14-9-11-23-12-10-14/h3,5-13H,2,4H2,1H3,(H,24,31). The molecule has 4 heterocycles. The van der Waals surface area contributed by atoms with Crippen LogP contribution in [0, 0.1) is 0 Å². The van der Waals surface area contributed by atoms with E-state index in [-0.39, 0.29) is 5.91 Å². The van der Waals surface area contributed by atoms with E-state index in [1.807, 2.05) is 55.5 Å². The van der Waals surface area contributed by atoms with Crippen molar-refractivity contribution in [3.8, 4) is 22.6 Å². The lowest BCUT2D eigenvalue weighted by Crippen LogP contribution is -2.12. The molecule has 10 heteroatoms. The number of nitrogens with zero attached hydrogens (tertiary/aromatic N) is 7. The molecule has 0 aliphatic rings. The maximum absolute atomic E-state index is 12.7. The molecule has 0 aliphatic heterocycles. The minimum absolute atomic E-state index is 0.206. The highest BCUT2D eigenvalue weighted by Gasteiger charge is 2.16. The summed E-state index contributed by atoms with van der Waals surface area (Å²) in [6, 6.07) is 15.0. The quantitative estimate of drug-likeness (QED) is 0.424. The Kier molecular flexibility index (Phi) is 5.34. The highest BCUT2D eigenvalue weighted by atomic mass is 32.1. The Morgan fingerprint density at radius 1 is 1.03 bits per heavy atom. The second-order valence-corrected chi connectivity index (χ2v) is 7.84. The fourth-order valence-electron chi connectivity index (χ4n) is 3.35. The molecule has 5 aromatic rings. The summed E-state index contributed by atoms with van der Waals surface area (Å²) >= 11 is 1.11. The number of anilines is 1. The van der Waals surface area contributed by atoms with Crippen molar-refractivity contribution in [3.05, 3.63) is 71.5 Å². The summed E-state index contributed by atoms with van der Waals surface area (Å²) in [5.41, 5.74) is 4.51. The molecular weight excluding hydrogens is 424 g/mol. The number of amides is 1. The van der Waals surface area contributed by atoms with Gasteiger partial charge in [-0.15, -0.1) is 15.3 Å². The van der Waals surface area contributed by atoms with Crippen LogP contribution >= 0.6 is 11.5 Å². The Morgan fingerprint density at radius 2 is 1.91 bits per heavy atom. The normalized spacial score (nSPS) is 11.0. The smallest absolute Gasteiger partial charge is 0.269 e. The summed E-state index contributed by atoms with van der Waals surface area (Å²) in [5.74, 6) is 0.428. The highest BCUT2D eigenvalue weighted by molar-refractivity contribution is 7.08. The second kappa shape index (κ2) is 8.60. The zero-order valence-electron chi connectivity index (χ0n) is 17.1. The Hall–Kier alpha value is -4.05. The van der Waals surface area contributed by atoms with Crippen molar-refractivity contribution in [2.45, 2.75) is 19.8 Å². The van der Waals surface area contributed by atoms with Crippen LogP contribution in [0.15, 0.2) is 60.9 Å². The van der Waals surface area contributed by atoms with Crippen molar-refractivity contribution in [1.82, 2.24) is 34.4 Å². The maximum Gasteiger partial charge on any atom is 0.269 e. The minimum atomic E-state index is -0.206. The third kappa shape index (κ3) is 3.83. The van der Waals surface area contributed by atoms with Crippen molar-refractivity contribution in [1.29, 1.82) is 0 Å². The molecule has 0 atom stereocenters. The van der Waals surface area contributed by atoms with Gasteiger partial charge in [0.05, 0.1) is 11.4 Å². The van der Waals surface area contributed by atoms with E-state index in [0.29, 0.717) is 22.0 Å². The number of hydrogen-bond acceptors (Lipinski definition) is 8. The molecule has 9 nitrogen and oxygen atoms in total. The Bertz CT molecular complexity index is 1400. The van der Waals surface area contributed by atoms with E-state index in [2.05, 4.69) is 30.1 Å². The van der Waals surface area contributed by atoms with Crippen LogP contribution in [-0.2, 0) is 6.42 Å². The van der Waals surface area contributed by atoms with Crippen molar-refractivity contribution < 1.29 is 4.79 Å². The van der Waals surface area contributed by atoms with Crippen LogP contribution in [0.1, 0.15) is 28.7 Å². The van der Waals surface area contributed by atoms with Crippen LogP contribution in [0.2, 0.25) is 0 Å². The molecule has 5 rings (SSSR count). The number of fused-ring (bicyclic) bond motifs is 1. The predicted octanol–water partition coefficient (Wildman–Crippen LogP) is 3.91. The first kappa shape index (κ1) is 19.9. The fraction of sp³-hybridized carbons (Fsp3) is 0.136. The largest absolute Gasteiger partial charge is 0.321 e. The number of nitrogens with one attached hydrogen (secondary N) is 1. The predicted molar refractivity (Wildman–Crippen MR) is 121 cm³/mol. The minimum Gasteiger partial charge on any atom is -0.321 e. The van der Waals surface area contributed by atoms with E-state index in [9.17, 15) is 4.79 Å². The molecule has 0 aliphatic carbocycles. The van der Waals surface area contributed by atoms with Gasteiger partial charge in [-0.2, -0.15) is 9.61 Å². The number of pyridine rings is 1. The van der Waals surface area contributed by atoms with Gasteiger partial charge >= 0.3 is 0 Å². The number of carbonyl (C=O) groups is 1. The number of benzene rings is 1. The summed E-state index contributed by atoms with van der Waals surface area (Å²) in [6.07, 6.45) is 5.04. The molecule has 0 saturated carbocycles. The molecule has 1 N–H and O–H groups in total. The van der Waals surface area contributed by atoms with Gasteiger partial charge in [-0.05, 0) is 54.4 Å². The SMILES string of the molecule is CCCc1nnsc1C(=O)Nc1cccc(-c2ccc3nnc(-c4ccncc4)n3n2)c1. The Balaban J connectivity index is 1.45. The van der Waals surface area contributed by atoms with Crippen molar-refractivity contribution in [2.75, 3.05) is 5.32 Å². The van der Waals surface area contributed by atoms with Gasteiger partial charge < -0.3 is 5.32 Å². The molecule has 32 heavy (non-hydrogen) atoms. The molecule has 0 spiro atoms. The summed E-state index contributed by atoms with van der Waals surface area (Å²) in [6.45, 7) is 2.05. The Morgan fingerprint density at radius 3 is 2.75 bits per heavy atom. The van der Waals surface area contributed by atoms with E-state index in [4.69, 9.17) is 5.10 Å². The van der Waals surface area contributed by atoms with E-state index in [0.717, 1.165) is 46.9 Å². The van der Waals surface area contributed by atoms with Crippen LogP contribution in [-0.4, -0.2) is 40.3 Å². The Labute approximate surface area is 187 Å². The van der Waals surface area contributed by atoms with Gasteiger partial charge in [0, 0.05) is 29.2 Å². The third-order valence-electron chi connectivity index (χ3n) is 4.87. The highest BCUT2D eigenvalue weighted by Crippen LogP contribution is 2.24. The van der Waals surface area contributed by atoms with Crippen molar-refractivity contribution >= 4 is 28.8 Å². The van der Waals surface area contributed by atoms with Gasteiger partial charge in [0.15, 0.2) is 11.5 Å². The van der Waals surface area contributed by atoms with Crippen LogP contribution in [0.3, 0.4) is 0 Å². The van der Waals surface area contributed by atoms with Crippen molar-refractivity contribution in [2.24, 2.45) is 0 Å². The number of hydrogen-bond donors (Lipinski definition) is 1. The fourth-order valence-corrected chi connectivity index (χ4v) is 3.95. The molecule has 4 aromatic heterocycles. The topological polar surface area (TPSA) is 111 Å². The summed E-state index contributed by atoms with van der Waals surface area (Å²) in [4.78, 5) is 17.3. The molecule has 0 saturated heterocycles. The molecule has 1 aromatic carbocycles.